The van der Waals surface area contributed by atoms with Crippen LogP contribution in [-0.4, -0.2) is 52.0 Å². The summed E-state index contributed by atoms with van der Waals surface area (Å²) < 4.78 is 2.17. The van der Waals surface area contributed by atoms with Gasteiger partial charge >= 0.3 is 0 Å². The third-order valence-electron chi connectivity index (χ3n) is 6.92. The summed E-state index contributed by atoms with van der Waals surface area (Å²) in [4.78, 5) is 27.9. The van der Waals surface area contributed by atoms with Crippen LogP contribution in [0.1, 0.15) is 76.7 Å². The van der Waals surface area contributed by atoms with Gasteiger partial charge in [-0.05, 0) is 72.3 Å². The number of piperidine rings is 1. The zero-order valence-corrected chi connectivity index (χ0v) is 20.1. The number of para-hydroxylation sites is 1. The fraction of sp³-hybridized carbons (Fsp3) is 0.615. The minimum absolute atomic E-state index is 0.0138. The molecule has 174 valence electrons. The number of nitrogens with zero attached hydrogens (tertiary/aromatic N) is 2. The highest BCUT2D eigenvalue weighted by Gasteiger charge is 2.41. The van der Waals surface area contributed by atoms with Gasteiger partial charge in [0.05, 0.1) is 12.1 Å². The van der Waals surface area contributed by atoms with Gasteiger partial charge in [-0.2, -0.15) is 0 Å². The smallest absolute Gasteiger partial charge is 0.253 e. The second-order valence-corrected chi connectivity index (χ2v) is 11.0. The molecule has 3 heterocycles. The van der Waals surface area contributed by atoms with Crippen LogP contribution in [0.3, 0.4) is 0 Å². The van der Waals surface area contributed by atoms with Crippen LogP contribution in [0.5, 0.6) is 0 Å². The molecule has 2 bridgehead atoms. The molecule has 2 saturated heterocycles. The summed E-state index contributed by atoms with van der Waals surface area (Å²) in [6.07, 6.45) is 6.39. The van der Waals surface area contributed by atoms with Crippen molar-refractivity contribution in [3.8, 4) is 0 Å². The molecule has 2 fully saturated rings. The predicted octanol–water partition coefficient (Wildman–Crippen LogP) is 4.11. The average Bonchev–Trinajstić information content (AvgIpc) is 3.19. The first-order valence-corrected chi connectivity index (χ1v) is 12.1. The van der Waals surface area contributed by atoms with Gasteiger partial charge in [0.2, 0.25) is 5.91 Å². The number of hydrogen-bond donors (Lipinski definition) is 2. The normalized spacial score (nSPS) is 23.6. The molecule has 1 aromatic carbocycles. The van der Waals surface area contributed by atoms with Gasteiger partial charge in [-0.15, -0.1) is 0 Å². The first-order valence-electron chi connectivity index (χ1n) is 12.1. The Bertz CT molecular complexity index is 973. The fourth-order valence-corrected chi connectivity index (χ4v) is 5.58. The van der Waals surface area contributed by atoms with Gasteiger partial charge in [0.15, 0.2) is 0 Å². The van der Waals surface area contributed by atoms with Crippen LogP contribution in [-0.2, 0) is 4.79 Å². The van der Waals surface area contributed by atoms with Gasteiger partial charge in [0.1, 0.15) is 0 Å². The third-order valence-corrected chi connectivity index (χ3v) is 6.92. The predicted molar refractivity (Wildman–Crippen MR) is 129 cm³/mol. The Balaban J connectivity index is 1.36. The molecular formula is C26H38N4O2. The molecule has 2 aliphatic heterocycles. The van der Waals surface area contributed by atoms with Gasteiger partial charge in [-0.25, -0.2) is 0 Å². The van der Waals surface area contributed by atoms with Crippen molar-refractivity contribution in [3.63, 3.8) is 0 Å². The number of amides is 2. The summed E-state index contributed by atoms with van der Waals surface area (Å²) in [6.45, 7) is 11.5. The third kappa shape index (κ3) is 4.85. The Morgan fingerprint density at radius 1 is 1.09 bits per heavy atom. The van der Waals surface area contributed by atoms with E-state index < -0.39 is 0 Å². The molecule has 0 aliphatic carbocycles. The molecule has 6 heteroatoms. The lowest BCUT2D eigenvalue weighted by molar-refractivity contribution is -0.125. The Hall–Kier alpha value is -2.34. The fourth-order valence-electron chi connectivity index (χ4n) is 5.58. The largest absolute Gasteiger partial charge is 0.352 e. The van der Waals surface area contributed by atoms with E-state index in [0.29, 0.717) is 37.1 Å². The van der Waals surface area contributed by atoms with E-state index in [4.69, 9.17) is 0 Å². The molecule has 32 heavy (non-hydrogen) atoms. The Kier molecular flexibility index (Phi) is 6.35. The van der Waals surface area contributed by atoms with E-state index in [1.165, 1.54) is 0 Å². The molecule has 2 N–H and O–H groups in total. The molecule has 0 radical (unpaired) electrons. The maximum atomic E-state index is 13.1. The molecule has 1 aromatic heterocycles. The van der Waals surface area contributed by atoms with Crippen molar-refractivity contribution in [2.45, 2.75) is 84.0 Å². The maximum Gasteiger partial charge on any atom is 0.253 e. The van der Waals surface area contributed by atoms with Crippen LogP contribution >= 0.6 is 0 Å². The number of nitrogens with one attached hydrogen (secondary N) is 2. The average molecular weight is 439 g/mol. The lowest BCUT2D eigenvalue weighted by Gasteiger charge is -2.39. The van der Waals surface area contributed by atoms with E-state index in [-0.39, 0.29) is 17.4 Å². The first kappa shape index (κ1) is 22.8. The van der Waals surface area contributed by atoms with Crippen molar-refractivity contribution in [1.82, 2.24) is 20.1 Å². The Morgan fingerprint density at radius 2 is 1.75 bits per heavy atom. The highest BCUT2D eigenvalue weighted by Crippen LogP contribution is 2.38. The summed E-state index contributed by atoms with van der Waals surface area (Å²) in [7, 11) is 0. The zero-order valence-electron chi connectivity index (χ0n) is 20.1. The molecule has 2 amide bonds. The van der Waals surface area contributed by atoms with Gasteiger partial charge in [-0.3, -0.25) is 14.5 Å². The van der Waals surface area contributed by atoms with Crippen molar-refractivity contribution in [2.24, 2.45) is 5.92 Å². The highest BCUT2D eigenvalue weighted by molar-refractivity contribution is 6.07. The number of benzene rings is 1. The summed E-state index contributed by atoms with van der Waals surface area (Å²) in [5, 5.41) is 7.32. The van der Waals surface area contributed by atoms with E-state index in [1.54, 1.807) is 0 Å². The molecule has 2 aliphatic rings. The first-order chi connectivity index (χ1) is 15.1. The number of carbonyl (C=O) groups excluding carboxylic acids is 2. The SMILES string of the molecule is CC(C)n1cc(C(=O)NCC2CC3CCC(C2)N3CC(=O)NC(C)(C)C)c2ccccc21. The summed E-state index contributed by atoms with van der Waals surface area (Å²) in [6, 6.07) is 9.33. The molecule has 6 nitrogen and oxygen atoms in total. The van der Waals surface area contributed by atoms with Crippen LogP contribution in [0.25, 0.3) is 10.9 Å². The quantitative estimate of drug-likeness (QED) is 0.713. The van der Waals surface area contributed by atoms with Crippen LogP contribution < -0.4 is 10.6 Å². The molecular weight excluding hydrogens is 400 g/mol. The molecule has 0 saturated carbocycles. The van der Waals surface area contributed by atoms with Crippen molar-refractivity contribution in [1.29, 1.82) is 0 Å². The van der Waals surface area contributed by atoms with Crippen LogP contribution in [0.4, 0.5) is 0 Å². The number of aromatic nitrogens is 1. The number of hydrogen-bond acceptors (Lipinski definition) is 3. The van der Waals surface area contributed by atoms with E-state index in [1.807, 2.05) is 45.2 Å². The van der Waals surface area contributed by atoms with Gasteiger partial charge in [0.25, 0.3) is 5.91 Å². The second kappa shape index (κ2) is 8.89. The van der Waals surface area contributed by atoms with E-state index in [2.05, 4.69) is 40.0 Å². The van der Waals surface area contributed by atoms with Crippen LogP contribution in [0.2, 0.25) is 0 Å². The van der Waals surface area contributed by atoms with Crippen molar-refractivity contribution in [2.75, 3.05) is 13.1 Å². The minimum Gasteiger partial charge on any atom is -0.352 e. The van der Waals surface area contributed by atoms with Crippen LogP contribution in [0.15, 0.2) is 30.5 Å². The Morgan fingerprint density at radius 3 is 2.38 bits per heavy atom. The van der Waals surface area contributed by atoms with Crippen molar-refractivity contribution in [3.05, 3.63) is 36.0 Å². The summed E-state index contributed by atoms with van der Waals surface area (Å²) in [5.41, 5.74) is 1.67. The highest BCUT2D eigenvalue weighted by atomic mass is 16.2. The molecule has 4 rings (SSSR count). The minimum atomic E-state index is -0.197. The van der Waals surface area contributed by atoms with Crippen LogP contribution in [0, 0.1) is 5.92 Å². The molecule has 0 spiro atoms. The standard InChI is InChI=1S/C26H38N4O2/c1-17(2)29-15-22(21-8-6-7-9-23(21)29)25(32)27-14-18-12-19-10-11-20(13-18)30(19)16-24(31)28-26(3,4)5/h6-9,15,17-20H,10-14,16H2,1-5H3,(H,27,32)(H,28,31). The van der Waals surface area contributed by atoms with E-state index in [9.17, 15) is 9.59 Å². The van der Waals surface area contributed by atoms with Gasteiger partial charge < -0.3 is 15.2 Å². The lowest BCUT2D eigenvalue weighted by Crippen LogP contribution is -2.52. The summed E-state index contributed by atoms with van der Waals surface area (Å²) in [5.74, 6) is 0.597. The zero-order chi connectivity index (χ0) is 23.0. The summed E-state index contributed by atoms with van der Waals surface area (Å²) >= 11 is 0. The number of fused-ring (bicyclic) bond motifs is 3. The molecule has 2 unspecified atom stereocenters. The number of carbonyl (C=O) groups is 2. The monoisotopic (exact) mass is 438 g/mol. The number of rotatable bonds is 6. The van der Waals surface area contributed by atoms with Gasteiger partial charge in [-0.1, -0.05) is 18.2 Å². The van der Waals surface area contributed by atoms with Crippen molar-refractivity contribution >= 4 is 22.7 Å². The maximum absolute atomic E-state index is 13.1. The lowest BCUT2D eigenvalue weighted by atomic mass is 9.90. The second-order valence-electron chi connectivity index (χ2n) is 11.0. The molecule has 2 aromatic rings. The molecule has 2 atom stereocenters. The van der Waals surface area contributed by atoms with Gasteiger partial charge in [0, 0.05) is 47.3 Å². The van der Waals surface area contributed by atoms with E-state index in [0.717, 1.165) is 42.1 Å². The van der Waals surface area contributed by atoms with E-state index >= 15 is 0 Å². The van der Waals surface area contributed by atoms with Crippen molar-refractivity contribution < 1.29 is 9.59 Å². The topological polar surface area (TPSA) is 66.4 Å². The Labute approximate surface area is 191 Å².